The number of carbonyl (C=O) groups is 3. The number of nitrogens with one attached hydrogen (secondary N) is 2. The van der Waals surface area contributed by atoms with Crippen molar-refractivity contribution in [3.63, 3.8) is 0 Å². The number of pyridine rings is 1. The summed E-state index contributed by atoms with van der Waals surface area (Å²) in [7, 11) is -2.53. The third-order valence-electron chi connectivity index (χ3n) is 12.4. The number of ether oxygens (including phenoxy) is 2. The molecular formula is C46H60N9O8P. The molecule has 0 saturated carbocycles. The molecule has 0 bridgehead atoms. The fourth-order valence-electron chi connectivity index (χ4n) is 9.24. The van der Waals surface area contributed by atoms with Gasteiger partial charge in [-0.05, 0) is 67.3 Å². The van der Waals surface area contributed by atoms with Gasteiger partial charge in [-0.1, -0.05) is 52.8 Å². The molecule has 3 saturated heterocycles. The van der Waals surface area contributed by atoms with Gasteiger partial charge in [0.2, 0.25) is 17.7 Å². The number of benzene rings is 2. The lowest BCUT2D eigenvalue weighted by atomic mass is 9.90. The number of nitrogens with zero attached hydrogens (tertiary/aromatic N) is 7. The van der Waals surface area contributed by atoms with Crippen LogP contribution in [0.3, 0.4) is 0 Å². The van der Waals surface area contributed by atoms with E-state index in [0.29, 0.717) is 60.3 Å². The van der Waals surface area contributed by atoms with Crippen molar-refractivity contribution in [2.45, 2.75) is 98.0 Å². The minimum absolute atomic E-state index is 0.103. The zero-order valence-electron chi connectivity index (χ0n) is 37.5. The van der Waals surface area contributed by atoms with Crippen molar-refractivity contribution < 1.29 is 38.2 Å². The summed E-state index contributed by atoms with van der Waals surface area (Å²) in [5, 5.41) is 14.9. The second-order valence-corrected chi connectivity index (χ2v) is 16.8. The Morgan fingerprint density at radius 2 is 1.73 bits per heavy atom. The summed E-state index contributed by atoms with van der Waals surface area (Å²) in [6, 6.07) is 16.9. The second-order valence-electron chi connectivity index (χ2n) is 16.1. The maximum absolute atomic E-state index is 13.4. The van der Waals surface area contributed by atoms with Crippen molar-refractivity contribution in [2.75, 3.05) is 61.2 Å². The van der Waals surface area contributed by atoms with Crippen LogP contribution in [0.15, 0.2) is 60.8 Å². The molecule has 18 heteroatoms. The zero-order valence-corrected chi connectivity index (χ0v) is 38.4. The molecule has 3 atom stereocenters. The van der Waals surface area contributed by atoms with Gasteiger partial charge in [0.1, 0.15) is 17.9 Å². The number of aromatic nitrogens is 3. The van der Waals surface area contributed by atoms with E-state index in [1.165, 1.54) is 0 Å². The van der Waals surface area contributed by atoms with Crippen molar-refractivity contribution in [2.24, 2.45) is 0 Å². The van der Waals surface area contributed by atoms with E-state index in [-0.39, 0.29) is 36.7 Å². The SMILES string of the molecule is CC.CC.CCC12CNc3nnc(-c4ccccc4OCOP(O)O)cc3N1CC(Oc1ncc(CN3CCN(c4ccc5c(c4)C(=O)N(C4CCC(=O)NC4=O)C5)CC3)cc1C)C2. The van der Waals surface area contributed by atoms with Gasteiger partial charge < -0.3 is 39.3 Å². The normalized spacial score (nSPS) is 21.5. The number of para-hydroxylation sites is 1. The highest BCUT2D eigenvalue weighted by molar-refractivity contribution is 7.39. The molecule has 0 spiro atoms. The van der Waals surface area contributed by atoms with Gasteiger partial charge in [0, 0.05) is 87.2 Å². The number of rotatable bonds is 12. The largest absolute Gasteiger partial charge is 0.472 e. The molecule has 64 heavy (non-hydrogen) atoms. The number of fused-ring (bicyclic) bond motifs is 4. The Kier molecular flexibility index (Phi) is 15.0. The molecule has 3 fully saturated rings. The van der Waals surface area contributed by atoms with Crippen LogP contribution in [0.5, 0.6) is 11.6 Å². The lowest BCUT2D eigenvalue weighted by molar-refractivity contribution is -0.136. The van der Waals surface area contributed by atoms with Crippen LogP contribution in [0.4, 0.5) is 17.2 Å². The molecule has 3 unspecified atom stereocenters. The maximum atomic E-state index is 13.4. The van der Waals surface area contributed by atoms with Crippen LogP contribution in [0.1, 0.15) is 87.4 Å². The Hall–Kier alpha value is -5.45. The molecule has 9 rings (SSSR count). The number of piperidine rings is 1. The van der Waals surface area contributed by atoms with Gasteiger partial charge in [0.05, 0.1) is 23.5 Å². The van der Waals surface area contributed by atoms with Gasteiger partial charge in [-0.3, -0.25) is 29.1 Å². The Labute approximate surface area is 376 Å². The predicted molar refractivity (Wildman–Crippen MR) is 245 cm³/mol. The van der Waals surface area contributed by atoms with E-state index in [4.69, 9.17) is 28.8 Å². The van der Waals surface area contributed by atoms with Crippen molar-refractivity contribution in [1.29, 1.82) is 0 Å². The van der Waals surface area contributed by atoms with Crippen LogP contribution >= 0.6 is 8.60 Å². The fourth-order valence-corrected chi connectivity index (χ4v) is 9.39. The molecule has 342 valence electrons. The number of imide groups is 1. The van der Waals surface area contributed by atoms with E-state index in [9.17, 15) is 14.4 Å². The summed E-state index contributed by atoms with van der Waals surface area (Å²) < 4.78 is 17.2. The minimum Gasteiger partial charge on any atom is -0.472 e. The van der Waals surface area contributed by atoms with Crippen LogP contribution in [-0.4, -0.2) is 116 Å². The number of carbonyl (C=O) groups excluding carboxylic acids is 3. The summed E-state index contributed by atoms with van der Waals surface area (Å²) in [5.41, 5.74) is 6.70. The van der Waals surface area contributed by atoms with Gasteiger partial charge in [-0.2, -0.15) is 0 Å². The van der Waals surface area contributed by atoms with Crippen LogP contribution in [0.25, 0.3) is 11.3 Å². The van der Waals surface area contributed by atoms with Gasteiger partial charge >= 0.3 is 8.60 Å². The number of amides is 3. The fraction of sp³-hybridized carbons (Fsp3) is 0.478. The minimum atomic E-state index is -2.53. The molecule has 0 radical (unpaired) electrons. The summed E-state index contributed by atoms with van der Waals surface area (Å²) >= 11 is 0. The first-order valence-corrected chi connectivity index (χ1v) is 23.5. The van der Waals surface area contributed by atoms with E-state index < -0.39 is 20.6 Å². The van der Waals surface area contributed by atoms with Crippen molar-refractivity contribution in [3.8, 4) is 22.9 Å². The quantitative estimate of drug-likeness (QED) is 0.0759. The molecule has 0 aliphatic carbocycles. The first kappa shape index (κ1) is 46.5. The molecule has 4 N–H and O–H groups in total. The average molecular weight is 898 g/mol. The molecule has 2 aromatic carbocycles. The topological polar surface area (TPSA) is 195 Å². The number of piperazine rings is 1. The molecule has 4 aromatic rings. The van der Waals surface area contributed by atoms with Crippen LogP contribution < -0.4 is 29.9 Å². The summed E-state index contributed by atoms with van der Waals surface area (Å²) in [6.07, 6.45) is 4.10. The van der Waals surface area contributed by atoms with Crippen molar-refractivity contribution in [3.05, 3.63) is 83.0 Å². The average Bonchev–Trinajstić information content (AvgIpc) is 3.86. The second kappa shape index (κ2) is 20.6. The predicted octanol–water partition coefficient (Wildman–Crippen LogP) is 5.78. The molecule has 3 amide bonds. The molecule has 2 aromatic heterocycles. The van der Waals surface area contributed by atoms with Crippen LogP contribution in [0, 0.1) is 6.92 Å². The molecule has 5 aliphatic rings. The van der Waals surface area contributed by atoms with E-state index in [1.54, 1.807) is 11.0 Å². The standard InChI is InChI=1S/C42H48N9O8P.2C2H6/c1-3-42-19-30(23-51(42)35-18-33(46-47-38(35)44-24-42)31-6-4-5-7-36(31)57-25-58-60(55)56)59-40-26(2)16-27(20-43-40)21-48-12-14-49(15-13-48)29-9-8-28-22-50(41(54)32(28)17-29)34-10-11-37(52)45-39(34)53;2*1-2/h4-9,16-18,20,30,34,55-56H,3,10-15,19,21-25H2,1-2H3,(H,44,47)(H,45,52,53);2*1-2H3. The van der Waals surface area contributed by atoms with Crippen LogP contribution in [-0.2, 0) is 27.2 Å². The molecule has 7 heterocycles. The third-order valence-corrected chi connectivity index (χ3v) is 12.8. The number of hydrogen-bond acceptors (Lipinski definition) is 15. The monoisotopic (exact) mass is 897 g/mol. The Balaban J connectivity index is 0.00000149. The maximum Gasteiger partial charge on any atom is 0.330 e. The number of aryl methyl sites for hydroxylation is 1. The van der Waals surface area contributed by atoms with E-state index in [2.05, 4.69) is 54.6 Å². The van der Waals surface area contributed by atoms with Gasteiger partial charge in [-0.25, -0.2) is 4.98 Å². The highest BCUT2D eigenvalue weighted by Gasteiger charge is 2.49. The Morgan fingerprint density at radius 3 is 2.47 bits per heavy atom. The smallest absolute Gasteiger partial charge is 0.330 e. The first-order valence-electron chi connectivity index (χ1n) is 22.4. The number of hydrogen-bond donors (Lipinski definition) is 4. The zero-order chi connectivity index (χ0) is 45.5. The summed E-state index contributed by atoms with van der Waals surface area (Å²) in [6.45, 7) is 17.7. The highest BCUT2D eigenvalue weighted by Crippen LogP contribution is 2.45. The van der Waals surface area contributed by atoms with Gasteiger partial charge in [-0.15, -0.1) is 10.2 Å². The van der Waals surface area contributed by atoms with Crippen molar-refractivity contribution >= 4 is 43.5 Å². The van der Waals surface area contributed by atoms with Gasteiger partial charge in [0.15, 0.2) is 12.6 Å². The van der Waals surface area contributed by atoms with Crippen LogP contribution in [0.2, 0.25) is 0 Å². The number of anilines is 3. The molecular weight excluding hydrogens is 838 g/mol. The molecule has 17 nitrogen and oxygen atoms in total. The third kappa shape index (κ3) is 9.78. The van der Waals surface area contributed by atoms with E-state index in [0.717, 1.165) is 73.6 Å². The Morgan fingerprint density at radius 1 is 0.953 bits per heavy atom. The summed E-state index contributed by atoms with van der Waals surface area (Å²) in [5.74, 6) is 0.978. The molecule has 5 aliphatic heterocycles. The highest BCUT2D eigenvalue weighted by atomic mass is 31.2. The first-order chi connectivity index (χ1) is 31.1. The summed E-state index contributed by atoms with van der Waals surface area (Å²) in [4.78, 5) is 69.3. The lowest BCUT2D eigenvalue weighted by Gasteiger charge is -2.43. The Bertz CT molecular complexity index is 2310. The van der Waals surface area contributed by atoms with E-state index in [1.807, 2.05) is 77.2 Å². The van der Waals surface area contributed by atoms with Crippen molar-refractivity contribution in [1.82, 2.24) is 30.3 Å². The lowest BCUT2D eigenvalue weighted by Crippen LogP contribution is -2.52. The van der Waals surface area contributed by atoms with Gasteiger partial charge in [0.25, 0.3) is 5.91 Å². The van der Waals surface area contributed by atoms with E-state index >= 15 is 0 Å².